The average Bonchev–Trinajstić information content (AvgIpc) is 3.18. The van der Waals surface area contributed by atoms with E-state index in [4.69, 9.17) is 0 Å². The molecule has 6 heteroatoms. The van der Waals surface area contributed by atoms with E-state index in [1.54, 1.807) is 23.3 Å². The van der Waals surface area contributed by atoms with Crippen LogP contribution in [0.1, 0.15) is 47.2 Å². The summed E-state index contributed by atoms with van der Waals surface area (Å²) in [6, 6.07) is 20.6. The van der Waals surface area contributed by atoms with E-state index in [2.05, 4.69) is 58.8 Å². The van der Waals surface area contributed by atoms with E-state index in [-0.39, 0.29) is 23.4 Å². The monoisotopic (exact) mass is 433 g/mol. The zero-order valence-electron chi connectivity index (χ0n) is 17.9. The number of thioether (sulfide) groups is 1. The zero-order valence-corrected chi connectivity index (χ0v) is 18.7. The molecule has 1 aromatic heterocycles. The summed E-state index contributed by atoms with van der Waals surface area (Å²) in [5.74, 6) is 0.904. The van der Waals surface area contributed by atoms with E-state index in [0.29, 0.717) is 24.3 Å². The Morgan fingerprint density at radius 3 is 2.32 bits per heavy atom. The molecule has 31 heavy (non-hydrogen) atoms. The van der Waals surface area contributed by atoms with Crippen molar-refractivity contribution in [1.29, 1.82) is 0 Å². The van der Waals surface area contributed by atoms with Crippen LogP contribution in [0.4, 0.5) is 0 Å². The van der Waals surface area contributed by atoms with Gasteiger partial charge in [-0.25, -0.2) is 4.98 Å². The molecule has 1 aliphatic rings. The molecule has 1 amide bonds. The smallest absolute Gasteiger partial charge is 0.257 e. The van der Waals surface area contributed by atoms with Crippen LogP contribution in [-0.4, -0.2) is 27.8 Å². The van der Waals surface area contributed by atoms with Crippen LogP contribution < -0.4 is 10.9 Å². The van der Waals surface area contributed by atoms with Crippen molar-refractivity contribution >= 4 is 17.7 Å². The SMILES string of the molecule is Cc1nc2n(c(=O)c1C)C(CC(=O)NCCC(c1ccccc1)c1ccccc1)CS2. The van der Waals surface area contributed by atoms with Crippen molar-refractivity contribution in [1.82, 2.24) is 14.9 Å². The lowest BCUT2D eigenvalue weighted by molar-refractivity contribution is -0.121. The van der Waals surface area contributed by atoms with Gasteiger partial charge in [-0.3, -0.25) is 14.2 Å². The zero-order chi connectivity index (χ0) is 21.8. The molecule has 5 nitrogen and oxygen atoms in total. The Kier molecular flexibility index (Phi) is 6.56. The van der Waals surface area contributed by atoms with Crippen LogP contribution in [0.15, 0.2) is 70.6 Å². The van der Waals surface area contributed by atoms with Crippen LogP contribution in [0.5, 0.6) is 0 Å². The minimum Gasteiger partial charge on any atom is -0.356 e. The number of nitrogens with zero attached hydrogens (tertiary/aromatic N) is 2. The van der Waals surface area contributed by atoms with Gasteiger partial charge in [-0.05, 0) is 31.4 Å². The van der Waals surface area contributed by atoms with Gasteiger partial charge >= 0.3 is 0 Å². The molecular formula is C25H27N3O2S. The number of nitrogens with one attached hydrogen (secondary N) is 1. The first kappa shape index (κ1) is 21.4. The largest absolute Gasteiger partial charge is 0.356 e. The predicted molar refractivity (Wildman–Crippen MR) is 125 cm³/mol. The van der Waals surface area contributed by atoms with Crippen LogP contribution in [0.3, 0.4) is 0 Å². The normalized spacial score (nSPS) is 15.1. The molecular weight excluding hydrogens is 406 g/mol. The number of aryl methyl sites for hydroxylation is 1. The highest BCUT2D eigenvalue weighted by Crippen LogP contribution is 2.32. The lowest BCUT2D eigenvalue weighted by Crippen LogP contribution is -2.32. The molecule has 0 aliphatic carbocycles. The van der Waals surface area contributed by atoms with E-state index in [1.165, 1.54) is 11.1 Å². The van der Waals surface area contributed by atoms with Crippen molar-refractivity contribution in [2.24, 2.45) is 0 Å². The maximum absolute atomic E-state index is 12.7. The number of carbonyl (C=O) groups is 1. The van der Waals surface area contributed by atoms with Gasteiger partial charge in [-0.2, -0.15) is 0 Å². The molecule has 4 rings (SSSR count). The third-order valence-electron chi connectivity index (χ3n) is 5.90. The van der Waals surface area contributed by atoms with Crippen LogP contribution in [0.25, 0.3) is 0 Å². The number of carbonyl (C=O) groups excluding carboxylic acids is 1. The number of amides is 1. The molecule has 0 saturated carbocycles. The van der Waals surface area contributed by atoms with Gasteiger partial charge in [-0.1, -0.05) is 72.4 Å². The van der Waals surface area contributed by atoms with E-state index < -0.39 is 0 Å². The molecule has 2 aromatic carbocycles. The van der Waals surface area contributed by atoms with Gasteiger partial charge < -0.3 is 5.32 Å². The Bertz CT molecular complexity index is 1070. The summed E-state index contributed by atoms with van der Waals surface area (Å²) in [6.45, 7) is 4.24. The topological polar surface area (TPSA) is 64.0 Å². The number of rotatable bonds is 7. The average molecular weight is 434 g/mol. The fourth-order valence-electron chi connectivity index (χ4n) is 4.06. The molecule has 2 heterocycles. The molecule has 1 aliphatic heterocycles. The van der Waals surface area contributed by atoms with Gasteiger partial charge in [0.05, 0.1) is 6.04 Å². The molecule has 1 unspecified atom stereocenters. The highest BCUT2D eigenvalue weighted by molar-refractivity contribution is 7.99. The Hall–Kier alpha value is -2.86. The molecule has 0 fully saturated rings. The first-order valence-corrected chi connectivity index (χ1v) is 11.6. The van der Waals surface area contributed by atoms with E-state index in [1.807, 2.05) is 19.1 Å². The first-order valence-electron chi connectivity index (χ1n) is 10.6. The maximum atomic E-state index is 12.7. The summed E-state index contributed by atoms with van der Waals surface area (Å²) < 4.78 is 1.70. The number of hydrogen-bond donors (Lipinski definition) is 1. The number of hydrogen-bond acceptors (Lipinski definition) is 4. The van der Waals surface area contributed by atoms with Crippen molar-refractivity contribution in [3.63, 3.8) is 0 Å². The van der Waals surface area contributed by atoms with Crippen molar-refractivity contribution in [2.45, 2.75) is 43.8 Å². The van der Waals surface area contributed by atoms with E-state index in [9.17, 15) is 9.59 Å². The van der Waals surface area contributed by atoms with Crippen molar-refractivity contribution in [2.75, 3.05) is 12.3 Å². The molecule has 160 valence electrons. The maximum Gasteiger partial charge on any atom is 0.257 e. The van der Waals surface area contributed by atoms with Gasteiger partial charge in [0.2, 0.25) is 5.91 Å². The Balaban J connectivity index is 1.40. The summed E-state index contributed by atoms with van der Waals surface area (Å²) >= 11 is 1.55. The summed E-state index contributed by atoms with van der Waals surface area (Å²) in [5.41, 5.74) is 3.88. The molecule has 0 bridgehead atoms. The van der Waals surface area contributed by atoms with Gasteiger partial charge in [0.25, 0.3) is 5.56 Å². The van der Waals surface area contributed by atoms with Crippen LogP contribution in [0, 0.1) is 13.8 Å². The van der Waals surface area contributed by atoms with E-state index in [0.717, 1.165) is 17.3 Å². The van der Waals surface area contributed by atoms with Gasteiger partial charge in [-0.15, -0.1) is 0 Å². The molecule has 3 aromatic rings. The standard InChI is InChI=1S/C25H27N3O2S/c1-17-18(2)27-25-28(24(17)30)21(16-31-25)15-23(29)26-14-13-22(19-9-5-3-6-10-19)20-11-7-4-8-12-20/h3-12,21-22H,13-16H2,1-2H3,(H,26,29). The summed E-state index contributed by atoms with van der Waals surface area (Å²) in [6.07, 6.45) is 1.11. The second kappa shape index (κ2) is 9.52. The molecule has 1 N–H and O–H groups in total. The minimum absolute atomic E-state index is 0.0246. The predicted octanol–water partition coefficient (Wildman–Crippen LogP) is 4.24. The van der Waals surface area contributed by atoms with E-state index >= 15 is 0 Å². The Morgan fingerprint density at radius 2 is 1.71 bits per heavy atom. The summed E-state index contributed by atoms with van der Waals surface area (Å²) in [4.78, 5) is 29.9. The first-order chi connectivity index (χ1) is 15.0. The second-order valence-electron chi connectivity index (χ2n) is 7.96. The minimum atomic E-state index is -0.140. The lowest BCUT2D eigenvalue weighted by atomic mass is 9.88. The molecule has 0 saturated heterocycles. The van der Waals surface area contributed by atoms with Crippen LogP contribution in [0.2, 0.25) is 0 Å². The van der Waals surface area contributed by atoms with Crippen molar-refractivity contribution in [3.05, 3.63) is 93.4 Å². The summed E-state index contributed by atoms with van der Waals surface area (Å²) in [5, 5.41) is 3.79. The second-order valence-corrected chi connectivity index (χ2v) is 8.95. The summed E-state index contributed by atoms with van der Waals surface area (Å²) in [7, 11) is 0. The van der Waals surface area contributed by atoms with Gasteiger partial charge in [0.1, 0.15) is 0 Å². The van der Waals surface area contributed by atoms with Crippen LogP contribution >= 0.6 is 11.8 Å². The third kappa shape index (κ3) is 4.74. The number of benzene rings is 2. The third-order valence-corrected chi connectivity index (χ3v) is 7.00. The molecule has 0 radical (unpaired) electrons. The van der Waals surface area contributed by atoms with Gasteiger partial charge in [0.15, 0.2) is 5.16 Å². The number of fused-ring (bicyclic) bond motifs is 1. The fourth-order valence-corrected chi connectivity index (χ4v) is 5.24. The Labute approximate surface area is 186 Å². The molecule has 1 atom stereocenters. The Morgan fingerprint density at radius 1 is 1.10 bits per heavy atom. The number of aromatic nitrogens is 2. The quantitative estimate of drug-likeness (QED) is 0.566. The van der Waals surface area contributed by atoms with Crippen LogP contribution in [-0.2, 0) is 4.79 Å². The molecule has 0 spiro atoms. The van der Waals surface area contributed by atoms with Gasteiger partial charge in [0, 0.05) is 35.9 Å². The fraction of sp³-hybridized carbons (Fsp3) is 0.320. The highest BCUT2D eigenvalue weighted by Gasteiger charge is 2.28. The van der Waals surface area contributed by atoms with Crippen molar-refractivity contribution in [3.8, 4) is 0 Å². The lowest BCUT2D eigenvalue weighted by Gasteiger charge is -2.19. The van der Waals surface area contributed by atoms with Crippen molar-refractivity contribution < 1.29 is 4.79 Å². The highest BCUT2D eigenvalue weighted by atomic mass is 32.2.